The van der Waals surface area contributed by atoms with E-state index in [9.17, 15) is 19.5 Å². The molecule has 0 aliphatic carbocycles. The lowest BCUT2D eigenvalue weighted by atomic mass is 10.1. The van der Waals surface area contributed by atoms with Gasteiger partial charge in [-0.2, -0.15) is 0 Å². The second-order valence-electron chi connectivity index (χ2n) is 5.87. The molecular weight excluding hydrogens is 372 g/mol. The predicted molar refractivity (Wildman–Crippen MR) is 106 cm³/mol. The van der Waals surface area contributed by atoms with E-state index in [0.717, 1.165) is 18.4 Å². The molecule has 0 aromatic heterocycles. The van der Waals surface area contributed by atoms with Gasteiger partial charge in [-0.25, -0.2) is 4.79 Å². The molecule has 1 saturated heterocycles. The smallest absolute Gasteiger partial charge is 0.326 e. The molecule has 1 unspecified atom stereocenters. The summed E-state index contributed by atoms with van der Waals surface area (Å²) in [5, 5.41) is 11.7. The molecule has 0 radical (unpaired) electrons. The topological polar surface area (TPSA) is 86.7 Å². The average molecular weight is 393 g/mol. The van der Waals surface area contributed by atoms with Crippen LogP contribution in [0.15, 0.2) is 29.2 Å². The zero-order valence-electron chi connectivity index (χ0n) is 14.5. The van der Waals surface area contributed by atoms with Crippen molar-refractivity contribution in [3.63, 3.8) is 0 Å². The van der Waals surface area contributed by atoms with Gasteiger partial charge >= 0.3 is 5.97 Å². The molecule has 0 bridgehead atoms. The Balaban J connectivity index is 2.07. The van der Waals surface area contributed by atoms with E-state index in [1.165, 1.54) is 16.7 Å². The maximum absolute atomic E-state index is 12.2. The number of likely N-dealkylation sites (N-methyl/N-ethyl adjacent to an activating group) is 1. The molecule has 2 rings (SSSR count). The number of hydrogen-bond acceptors (Lipinski definition) is 5. The summed E-state index contributed by atoms with van der Waals surface area (Å²) >= 11 is 6.32. The van der Waals surface area contributed by atoms with Gasteiger partial charge in [-0.1, -0.05) is 55.9 Å². The Bertz CT molecular complexity index is 759. The van der Waals surface area contributed by atoms with E-state index in [2.05, 4.69) is 5.32 Å². The molecule has 0 spiro atoms. The van der Waals surface area contributed by atoms with E-state index in [4.69, 9.17) is 12.2 Å². The van der Waals surface area contributed by atoms with Crippen molar-refractivity contribution < 1.29 is 19.5 Å². The van der Waals surface area contributed by atoms with Crippen LogP contribution in [0, 0.1) is 0 Å². The normalized spacial score (nSPS) is 16.8. The molecule has 26 heavy (non-hydrogen) atoms. The third-order valence-corrected chi connectivity index (χ3v) is 5.39. The Morgan fingerprint density at radius 1 is 1.35 bits per heavy atom. The van der Waals surface area contributed by atoms with Crippen LogP contribution in [-0.4, -0.2) is 45.2 Å². The number of nitrogens with zero attached hydrogens (tertiary/aromatic N) is 1. The van der Waals surface area contributed by atoms with Crippen molar-refractivity contribution in [2.75, 3.05) is 7.05 Å². The molecule has 1 aromatic carbocycles. The van der Waals surface area contributed by atoms with E-state index >= 15 is 0 Å². The predicted octanol–water partition coefficient (Wildman–Crippen LogP) is 2.89. The van der Waals surface area contributed by atoms with Crippen LogP contribution in [0.3, 0.4) is 0 Å². The molecular formula is C18H20N2O4S2. The van der Waals surface area contributed by atoms with E-state index in [1.54, 1.807) is 37.4 Å². The Labute approximate surface area is 161 Å². The van der Waals surface area contributed by atoms with Crippen LogP contribution >= 0.6 is 24.0 Å². The molecule has 6 nitrogen and oxygen atoms in total. The molecule has 138 valence electrons. The molecule has 1 aromatic rings. The SMILES string of the molecule is CCCCC(NC(=O)c1ccc(C=C2SC(=S)N(C)C2=O)cc1)C(=O)O. The minimum absolute atomic E-state index is 0.151. The number of thioether (sulfide) groups is 1. The maximum atomic E-state index is 12.2. The number of unbranched alkanes of at least 4 members (excludes halogenated alkanes) is 1. The molecule has 8 heteroatoms. The highest BCUT2D eigenvalue weighted by molar-refractivity contribution is 8.26. The summed E-state index contributed by atoms with van der Waals surface area (Å²) in [5.74, 6) is -1.62. The summed E-state index contributed by atoms with van der Waals surface area (Å²) < 4.78 is 0.504. The van der Waals surface area contributed by atoms with Gasteiger partial charge in [0.05, 0.1) is 4.91 Å². The Morgan fingerprint density at radius 2 is 2.00 bits per heavy atom. The molecule has 1 aliphatic heterocycles. The second kappa shape index (κ2) is 8.95. The number of nitrogens with one attached hydrogen (secondary N) is 1. The maximum Gasteiger partial charge on any atom is 0.326 e. The summed E-state index contributed by atoms with van der Waals surface area (Å²) in [6.45, 7) is 1.96. The summed E-state index contributed by atoms with van der Waals surface area (Å²) in [5.41, 5.74) is 1.13. The van der Waals surface area contributed by atoms with Gasteiger partial charge in [-0.3, -0.25) is 14.5 Å². The minimum Gasteiger partial charge on any atom is -0.480 e. The van der Waals surface area contributed by atoms with E-state index < -0.39 is 17.9 Å². The number of thiocarbonyl (C=S) groups is 1. The van der Waals surface area contributed by atoms with Crippen LogP contribution in [0.4, 0.5) is 0 Å². The number of carbonyl (C=O) groups excluding carboxylic acids is 2. The summed E-state index contributed by atoms with van der Waals surface area (Å²) in [7, 11) is 1.63. The number of hydrogen-bond donors (Lipinski definition) is 2. The average Bonchev–Trinajstić information content (AvgIpc) is 2.85. The number of amides is 2. The lowest BCUT2D eigenvalue weighted by Gasteiger charge is -2.14. The van der Waals surface area contributed by atoms with E-state index in [0.29, 0.717) is 21.2 Å². The first-order chi connectivity index (χ1) is 12.3. The molecule has 1 fully saturated rings. The van der Waals surface area contributed by atoms with Gasteiger partial charge < -0.3 is 10.4 Å². The van der Waals surface area contributed by atoms with E-state index in [-0.39, 0.29) is 5.91 Å². The highest BCUT2D eigenvalue weighted by Crippen LogP contribution is 2.31. The van der Waals surface area contributed by atoms with Crippen LogP contribution < -0.4 is 5.32 Å². The first kappa shape index (κ1) is 20.1. The largest absolute Gasteiger partial charge is 0.480 e. The fourth-order valence-corrected chi connectivity index (χ4v) is 3.51. The molecule has 1 aliphatic rings. The van der Waals surface area contributed by atoms with Crippen molar-refractivity contribution in [3.8, 4) is 0 Å². The van der Waals surface area contributed by atoms with Crippen LogP contribution in [-0.2, 0) is 9.59 Å². The molecule has 2 amide bonds. The summed E-state index contributed by atoms with van der Waals surface area (Å²) in [4.78, 5) is 37.4. The van der Waals surface area contributed by atoms with Gasteiger partial charge in [0.15, 0.2) is 0 Å². The number of carboxylic acid groups (broad SMARTS) is 1. The van der Waals surface area contributed by atoms with Gasteiger partial charge in [0.25, 0.3) is 11.8 Å². The number of carboxylic acids is 1. The van der Waals surface area contributed by atoms with Gasteiger partial charge in [0.1, 0.15) is 10.4 Å². The van der Waals surface area contributed by atoms with Crippen LogP contribution in [0.1, 0.15) is 42.1 Å². The van der Waals surface area contributed by atoms with Crippen molar-refractivity contribution in [3.05, 3.63) is 40.3 Å². The van der Waals surface area contributed by atoms with Crippen LogP contribution in [0.5, 0.6) is 0 Å². The minimum atomic E-state index is -1.04. The van der Waals surface area contributed by atoms with Crippen molar-refractivity contribution >= 4 is 52.2 Å². The standard InChI is InChI=1S/C18H20N2O4S2/c1-3-4-5-13(17(23)24)19-15(21)12-8-6-11(7-9-12)10-14-16(22)20(2)18(25)26-14/h6-10,13H,3-5H2,1-2H3,(H,19,21)(H,23,24). The first-order valence-corrected chi connectivity index (χ1v) is 9.41. The van der Waals surface area contributed by atoms with Gasteiger partial charge in [-0.05, 0) is 30.2 Å². The second-order valence-corrected chi connectivity index (χ2v) is 7.55. The molecule has 2 N–H and O–H groups in total. The van der Waals surface area contributed by atoms with Crippen LogP contribution in [0.25, 0.3) is 6.08 Å². The number of rotatable bonds is 7. The molecule has 1 heterocycles. The summed E-state index contributed by atoms with van der Waals surface area (Å²) in [6, 6.07) is 5.73. The lowest BCUT2D eigenvalue weighted by Crippen LogP contribution is -2.40. The quantitative estimate of drug-likeness (QED) is 0.548. The Kier molecular flexibility index (Phi) is 6.93. The highest BCUT2D eigenvalue weighted by Gasteiger charge is 2.28. The monoisotopic (exact) mass is 392 g/mol. The number of aliphatic carboxylic acids is 1. The fraction of sp³-hybridized carbons (Fsp3) is 0.333. The van der Waals surface area contributed by atoms with Gasteiger partial charge in [0, 0.05) is 12.6 Å². The zero-order chi connectivity index (χ0) is 19.3. The first-order valence-electron chi connectivity index (χ1n) is 8.18. The Morgan fingerprint density at radius 3 is 2.50 bits per heavy atom. The summed E-state index contributed by atoms with van der Waals surface area (Å²) in [6.07, 6.45) is 3.70. The third kappa shape index (κ3) is 4.92. The Hall–Kier alpha value is -2.19. The van der Waals surface area contributed by atoms with Crippen molar-refractivity contribution in [2.24, 2.45) is 0 Å². The van der Waals surface area contributed by atoms with Crippen molar-refractivity contribution in [1.82, 2.24) is 10.2 Å². The van der Waals surface area contributed by atoms with Crippen molar-refractivity contribution in [2.45, 2.75) is 32.2 Å². The molecule has 1 atom stereocenters. The lowest BCUT2D eigenvalue weighted by molar-refractivity contribution is -0.139. The van der Waals surface area contributed by atoms with E-state index in [1.807, 2.05) is 6.92 Å². The number of benzene rings is 1. The fourth-order valence-electron chi connectivity index (χ4n) is 2.33. The van der Waals surface area contributed by atoms with Gasteiger partial charge in [-0.15, -0.1) is 0 Å². The third-order valence-electron chi connectivity index (χ3n) is 3.91. The van der Waals surface area contributed by atoms with Gasteiger partial charge in [0.2, 0.25) is 0 Å². The molecule has 0 saturated carbocycles. The zero-order valence-corrected chi connectivity index (χ0v) is 16.2. The number of carbonyl (C=O) groups is 3. The van der Waals surface area contributed by atoms with Crippen molar-refractivity contribution in [1.29, 1.82) is 0 Å². The van der Waals surface area contributed by atoms with Crippen LogP contribution in [0.2, 0.25) is 0 Å². The highest BCUT2D eigenvalue weighted by atomic mass is 32.2.